The summed E-state index contributed by atoms with van der Waals surface area (Å²) in [5.74, 6) is -0.0596. The second-order valence-corrected chi connectivity index (χ2v) is 10.6. The second-order valence-electron chi connectivity index (χ2n) is 8.23. The van der Waals surface area contributed by atoms with Crippen molar-refractivity contribution in [1.82, 2.24) is 14.9 Å². The van der Waals surface area contributed by atoms with Crippen molar-refractivity contribution in [3.8, 4) is 0 Å². The van der Waals surface area contributed by atoms with Gasteiger partial charge in [-0.05, 0) is 58.9 Å². The van der Waals surface area contributed by atoms with Gasteiger partial charge in [-0.3, -0.25) is 14.2 Å². The summed E-state index contributed by atoms with van der Waals surface area (Å²) < 4.78 is 6.89. The fourth-order valence-electron chi connectivity index (χ4n) is 3.37. The predicted molar refractivity (Wildman–Crippen MR) is 116 cm³/mol. The van der Waals surface area contributed by atoms with E-state index in [1.54, 1.807) is 23.0 Å². The smallest absolute Gasteiger partial charge is 0.263 e. The van der Waals surface area contributed by atoms with Gasteiger partial charge in [0.1, 0.15) is 4.83 Å². The summed E-state index contributed by atoms with van der Waals surface area (Å²) in [6.07, 6.45) is 4.27. The van der Waals surface area contributed by atoms with Gasteiger partial charge >= 0.3 is 0 Å². The van der Waals surface area contributed by atoms with Crippen molar-refractivity contribution in [1.29, 1.82) is 0 Å². The first-order valence-electron chi connectivity index (χ1n) is 9.74. The monoisotopic (exact) mass is 423 g/mol. The fraction of sp³-hybridized carbons (Fsp3) is 0.650. The molecule has 0 bridgehead atoms. The van der Waals surface area contributed by atoms with Crippen LogP contribution in [0.5, 0.6) is 0 Å². The van der Waals surface area contributed by atoms with Crippen LogP contribution in [0.2, 0.25) is 0 Å². The topological polar surface area (TPSA) is 73.2 Å². The van der Waals surface area contributed by atoms with Crippen LogP contribution in [0.3, 0.4) is 0 Å². The summed E-state index contributed by atoms with van der Waals surface area (Å²) in [4.78, 5) is 32.8. The van der Waals surface area contributed by atoms with E-state index in [9.17, 15) is 9.59 Å². The number of hydrogen-bond donors (Lipinski definition) is 1. The number of rotatable bonds is 6. The molecule has 1 aliphatic rings. The molecule has 1 atom stereocenters. The molecule has 1 aliphatic carbocycles. The van der Waals surface area contributed by atoms with Gasteiger partial charge in [-0.25, -0.2) is 4.98 Å². The number of hydrogen-bond acceptors (Lipinski definition) is 6. The summed E-state index contributed by atoms with van der Waals surface area (Å²) in [5, 5.41) is 4.00. The Hall–Kier alpha value is -1.38. The second kappa shape index (κ2) is 8.55. The van der Waals surface area contributed by atoms with Gasteiger partial charge in [-0.15, -0.1) is 11.3 Å². The van der Waals surface area contributed by atoms with Gasteiger partial charge in [0.2, 0.25) is 5.91 Å². The average Bonchev–Trinajstić information content (AvgIpc) is 2.98. The minimum absolute atomic E-state index is 0.00706. The molecule has 2 aromatic rings. The van der Waals surface area contributed by atoms with Crippen molar-refractivity contribution in [2.75, 3.05) is 13.7 Å². The standard InChI is InChI=1S/C20H29N3O3S2/c1-12(16(24)22-20(2,3)4)27-19-21-17-15(18(25)23(19)10-11-26-5)13-8-6-7-9-14(13)28-17/h12H,6-11H2,1-5H3,(H,22,24). The van der Waals surface area contributed by atoms with Crippen LogP contribution in [0.25, 0.3) is 10.2 Å². The first kappa shape index (κ1) is 21.3. The van der Waals surface area contributed by atoms with E-state index in [1.807, 2.05) is 27.7 Å². The van der Waals surface area contributed by atoms with Crippen molar-refractivity contribution in [3.05, 3.63) is 20.8 Å². The third-order valence-electron chi connectivity index (χ3n) is 4.71. The quantitative estimate of drug-likeness (QED) is 0.570. The van der Waals surface area contributed by atoms with E-state index < -0.39 is 0 Å². The Bertz CT molecular complexity index is 927. The van der Waals surface area contributed by atoms with Crippen LogP contribution < -0.4 is 10.9 Å². The zero-order valence-corrected chi connectivity index (χ0v) is 18.9. The molecule has 3 rings (SSSR count). The minimum atomic E-state index is -0.355. The molecule has 0 fully saturated rings. The third kappa shape index (κ3) is 4.60. The molecule has 0 aliphatic heterocycles. The number of carbonyl (C=O) groups is 1. The predicted octanol–water partition coefficient (Wildman–Crippen LogP) is 3.38. The van der Waals surface area contributed by atoms with Gasteiger partial charge < -0.3 is 10.1 Å². The fourth-order valence-corrected chi connectivity index (χ4v) is 5.61. The van der Waals surface area contributed by atoms with E-state index in [1.165, 1.54) is 28.6 Å². The summed E-state index contributed by atoms with van der Waals surface area (Å²) in [6, 6.07) is 0. The number of carbonyl (C=O) groups excluding carboxylic acids is 1. The Morgan fingerprint density at radius 3 is 2.75 bits per heavy atom. The molecular weight excluding hydrogens is 394 g/mol. The molecule has 6 nitrogen and oxygen atoms in total. The number of aryl methyl sites for hydroxylation is 2. The molecule has 1 unspecified atom stereocenters. The molecule has 8 heteroatoms. The highest BCUT2D eigenvalue weighted by Crippen LogP contribution is 2.35. The number of amides is 1. The molecule has 1 amide bonds. The molecule has 0 spiro atoms. The highest BCUT2D eigenvalue weighted by Gasteiger charge is 2.25. The van der Waals surface area contributed by atoms with Crippen molar-refractivity contribution in [3.63, 3.8) is 0 Å². The van der Waals surface area contributed by atoms with E-state index in [4.69, 9.17) is 9.72 Å². The number of methoxy groups -OCH3 is 1. The minimum Gasteiger partial charge on any atom is -0.383 e. The van der Waals surface area contributed by atoms with Crippen molar-refractivity contribution >= 4 is 39.2 Å². The maximum absolute atomic E-state index is 13.3. The highest BCUT2D eigenvalue weighted by atomic mass is 32.2. The number of thiophene rings is 1. The molecule has 154 valence electrons. The van der Waals surface area contributed by atoms with E-state index in [0.29, 0.717) is 18.3 Å². The number of nitrogens with zero attached hydrogens (tertiary/aromatic N) is 2. The van der Waals surface area contributed by atoms with Crippen LogP contribution in [0.15, 0.2) is 9.95 Å². The normalized spacial score (nSPS) is 15.5. The molecule has 1 N–H and O–H groups in total. The number of thioether (sulfide) groups is 1. The van der Waals surface area contributed by atoms with Gasteiger partial charge in [0.15, 0.2) is 5.16 Å². The Kier molecular flexibility index (Phi) is 6.51. The summed E-state index contributed by atoms with van der Waals surface area (Å²) >= 11 is 2.97. The molecule has 2 aromatic heterocycles. The van der Waals surface area contributed by atoms with Gasteiger partial charge in [0, 0.05) is 17.5 Å². The van der Waals surface area contributed by atoms with Crippen molar-refractivity contribution in [2.45, 2.75) is 75.9 Å². The molecule has 0 saturated carbocycles. The molecular formula is C20H29N3O3S2. The van der Waals surface area contributed by atoms with E-state index in [2.05, 4.69) is 5.32 Å². The Morgan fingerprint density at radius 1 is 1.36 bits per heavy atom. The Labute approximate surface area is 174 Å². The van der Waals surface area contributed by atoms with E-state index >= 15 is 0 Å². The third-order valence-corrected chi connectivity index (χ3v) is 6.98. The lowest BCUT2D eigenvalue weighted by atomic mass is 9.97. The lowest BCUT2D eigenvalue weighted by Gasteiger charge is -2.23. The van der Waals surface area contributed by atoms with E-state index in [0.717, 1.165) is 29.5 Å². The zero-order valence-electron chi connectivity index (χ0n) is 17.3. The van der Waals surface area contributed by atoms with E-state index in [-0.39, 0.29) is 22.3 Å². The summed E-state index contributed by atoms with van der Waals surface area (Å²) in [6.45, 7) is 8.57. The maximum Gasteiger partial charge on any atom is 0.263 e. The number of ether oxygens (including phenoxy) is 1. The molecule has 0 aromatic carbocycles. The van der Waals surface area contributed by atoms with Crippen LogP contribution in [0.1, 0.15) is 51.0 Å². The number of fused-ring (bicyclic) bond motifs is 3. The van der Waals surface area contributed by atoms with Crippen LogP contribution in [0, 0.1) is 0 Å². The zero-order chi connectivity index (χ0) is 20.5. The first-order chi connectivity index (χ1) is 13.2. The van der Waals surface area contributed by atoms with Crippen LogP contribution in [-0.2, 0) is 28.9 Å². The van der Waals surface area contributed by atoms with Crippen LogP contribution >= 0.6 is 23.1 Å². The first-order valence-corrected chi connectivity index (χ1v) is 11.4. The van der Waals surface area contributed by atoms with Crippen LogP contribution in [0.4, 0.5) is 0 Å². The molecule has 0 saturated heterocycles. The van der Waals surface area contributed by atoms with Crippen molar-refractivity contribution < 1.29 is 9.53 Å². The molecule has 0 radical (unpaired) electrons. The number of aromatic nitrogens is 2. The lowest BCUT2D eigenvalue weighted by molar-refractivity contribution is -0.121. The lowest BCUT2D eigenvalue weighted by Crippen LogP contribution is -2.44. The number of nitrogens with one attached hydrogen (secondary N) is 1. The highest BCUT2D eigenvalue weighted by molar-refractivity contribution is 8.00. The van der Waals surface area contributed by atoms with Gasteiger partial charge in [-0.1, -0.05) is 11.8 Å². The Balaban J connectivity index is 2.00. The van der Waals surface area contributed by atoms with Gasteiger partial charge in [0.25, 0.3) is 5.56 Å². The van der Waals surface area contributed by atoms with Gasteiger partial charge in [0.05, 0.1) is 23.8 Å². The Morgan fingerprint density at radius 2 is 2.07 bits per heavy atom. The SMILES string of the molecule is COCCn1c(SC(C)C(=O)NC(C)(C)C)nc2sc3c(c2c1=O)CCCC3. The van der Waals surface area contributed by atoms with Crippen LogP contribution in [-0.4, -0.2) is 40.0 Å². The largest absolute Gasteiger partial charge is 0.383 e. The maximum atomic E-state index is 13.3. The molecule has 28 heavy (non-hydrogen) atoms. The summed E-state index contributed by atoms with van der Waals surface area (Å²) in [7, 11) is 1.62. The average molecular weight is 424 g/mol. The van der Waals surface area contributed by atoms with Gasteiger partial charge in [-0.2, -0.15) is 0 Å². The van der Waals surface area contributed by atoms with Crippen molar-refractivity contribution in [2.24, 2.45) is 0 Å². The summed E-state index contributed by atoms with van der Waals surface area (Å²) in [5.41, 5.74) is 0.878. The molecule has 2 heterocycles.